The fraction of sp³-hybridized carbons (Fsp3) is 0.200. The maximum absolute atomic E-state index is 12.0. The summed E-state index contributed by atoms with van der Waals surface area (Å²) in [6.07, 6.45) is 2.95. The van der Waals surface area contributed by atoms with Crippen molar-refractivity contribution in [2.24, 2.45) is 0 Å². The van der Waals surface area contributed by atoms with Crippen LogP contribution in [0.25, 0.3) is 0 Å². The van der Waals surface area contributed by atoms with E-state index in [0.717, 1.165) is 10.2 Å². The van der Waals surface area contributed by atoms with Gasteiger partial charge < -0.3 is 14.8 Å². The summed E-state index contributed by atoms with van der Waals surface area (Å²) in [7, 11) is 0. The average Bonchev–Trinajstić information content (AvgIpc) is 2.52. The van der Waals surface area contributed by atoms with Crippen LogP contribution in [-0.4, -0.2) is 30.1 Å². The first-order valence-corrected chi connectivity index (χ1v) is 7.29. The number of amides is 1. The van der Waals surface area contributed by atoms with Crippen molar-refractivity contribution in [1.29, 1.82) is 0 Å². The first-order chi connectivity index (χ1) is 10.2. The number of nitrogens with one attached hydrogen (secondary N) is 1. The highest BCUT2D eigenvalue weighted by atomic mass is 79.9. The van der Waals surface area contributed by atoms with Gasteiger partial charge in [-0.3, -0.25) is 9.78 Å². The number of pyridine rings is 1. The summed E-state index contributed by atoms with van der Waals surface area (Å²) < 4.78 is 12.1. The molecule has 0 bridgehead atoms. The van der Waals surface area contributed by atoms with Crippen LogP contribution in [0.1, 0.15) is 10.4 Å². The lowest BCUT2D eigenvalue weighted by Crippen LogP contribution is -2.40. The Morgan fingerprint density at radius 1 is 1.33 bits per heavy atom. The van der Waals surface area contributed by atoms with Gasteiger partial charge in [0, 0.05) is 16.9 Å². The normalized spacial score (nSPS) is 16.3. The fourth-order valence-electron chi connectivity index (χ4n) is 2.01. The zero-order chi connectivity index (χ0) is 14.7. The van der Waals surface area contributed by atoms with Crippen LogP contribution in [0.15, 0.2) is 47.2 Å². The van der Waals surface area contributed by atoms with Crippen molar-refractivity contribution >= 4 is 21.8 Å². The van der Waals surface area contributed by atoms with Crippen LogP contribution in [0.2, 0.25) is 0 Å². The fourth-order valence-corrected chi connectivity index (χ4v) is 2.37. The third kappa shape index (κ3) is 3.33. The van der Waals surface area contributed by atoms with E-state index in [9.17, 15) is 4.79 Å². The Morgan fingerprint density at radius 3 is 2.95 bits per heavy atom. The molecule has 1 aromatic carbocycles. The van der Waals surface area contributed by atoms with Gasteiger partial charge >= 0.3 is 0 Å². The van der Waals surface area contributed by atoms with Gasteiger partial charge in [-0.25, -0.2) is 0 Å². The zero-order valence-corrected chi connectivity index (χ0v) is 12.7. The van der Waals surface area contributed by atoms with Gasteiger partial charge in [0.25, 0.3) is 5.91 Å². The second kappa shape index (κ2) is 6.13. The minimum Gasteiger partial charge on any atom is -0.486 e. The Morgan fingerprint density at radius 2 is 2.14 bits per heavy atom. The van der Waals surface area contributed by atoms with E-state index in [-0.39, 0.29) is 12.0 Å². The number of halogens is 1. The van der Waals surface area contributed by atoms with E-state index in [1.54, 1.807) is 12.3 Å². The number of aromatic nitrogens is 1. The molecule has 1 aromatic heterocycles. The van der Waals surface area contributed by atoms with Crippen molar-refractivity contribution in [3.05, 3.63) is 52.8 Å². The molecule has 3 rings (SSSR count). The van der Waals surface area contributed by atoms with Gasteiger partial charge in [-0.05, 0) is 34.1 Å². The number of benzene rings is 1. The number of ether oxygens (including phenoxy) is 2. The van der Waals surface area contributed by atoms with Gasteiger partial charge in [0.05, 0.1) is 12.1 Å². The topological polar surface area (TPSA) is 60.5 Å². The average molecular weight is 349 g/mol. The van der Waals surface area contributed by atoms with Crippen LogP contribution in [0.5, 0.6) is 11.5 Å². The van der Waals surface area contributed by atoms with Crippen LogP contribution in [0.3, 0.4) is 0 Å². The predicted molar refractivity (Wildman–Crippen MR) is 80.6 cm³/mol. The number of carbonyl (C=O) groups excluding carboxylic acids is 1. The van der Waals surface area contributed by atoms with Crippen molar-refractivity contribution in [2.45, 2.75) is 6.10 Å². The molecule has 0 saturated carbocycles. The lowest BCUT2D eigenvalue weighted by molar-refractivity contribution is 0.0789. The highest BCUT2D eigenvalue weighted by molar-refractivity contribution is 9.10. The smallest absolute Gasteiger partial charge is 0.253 e. The second-order valence-corrected chi connectivity index (χ2v) is 5.52. The van der Waals surface area contributed by atoms with E-state index >= 15 is 0 Å². The molecule has 0 saturated heterocycles. The highest BCUT2D eigenvalue weighted by Gasteiger charge is 2.21. The number of hydrogen-bond acceptors (Lipinski definition) is 4. The molecule has 0 radical (unpaired) electrons. The van der Waals surface area contributed by atoms with Crippen molar-refractivity contribution in [2.75, 3.05) is 13.2 Å². The number of fused-ring (bicyclic) bond motifs is 1. The van der Waals surface area contributed by atoms with E-state index in [4.69, 9.17) is 9.47 Å². The van der Waals surface area contributed by atoms with Crippen LogP contribution >= 0.6 is 15.9 Å². The van der Waals surface area contributed by atoms with E-state index < -0.39 is 0 Å². The molecule has 0 aliphatic carbocycles. The molecule has 1 aliphatic heterocycles. The standard InChI is InChI=1S/C15H13BrN2O3/c16-11-5-10(6-17-7-11)15(19)18-8-12-9-20-13-3-1-2-4-14(13)21-12/h1-7,12H,8-9H2,(H,18,19). The van der Waals surface area contributed by atoms with Gasteiger partial charge in [-0.2, -0.15) is 0 Å². The summed E-state index contributed by atoms with van der Waals surface area (Å²) in [6.45, 7) is 0.785. The minimum atomic E-state index is -0.205. The number of hydrogen-bond donors (Lipinski definition) is 1. The first-order valence-electron chi connectivity index (χ1n) is 6.49. The summed E-state index contributed by atoms with van der Waals surface area (Å²) in [4.78, 5) is 16.0. The van der Waals surface area contributed by atoms with E-state index in [1.807, 2.05) is 24.3 Å². The lowest BCUT2D eigenvalue weighted by atomic mass is 10.2. The van der Waals surface area contributed by atoms with Crippen LogP contribution in [-0.2, 0) is 0 Å². The third-order valence-corrected chi connectivity index (χ3v) is 3.46. The van der Waals surface area contributed by atoms with Crippen molar-refractivity contribution in [3.63, 3.8) is 0 Å². The molecule has 5 nitrogen and oxygen atoms in total. The third-order valence-electron chi connectivity index (χ3n) is 3.02. The van der Waals surface area contributed by atoms with Crippen molar-refractivity contribution in [1.82, 2.24) is 10.3 Å². The van der Waals surface area contributed by atoms with Crippen LogP contribution < -0.4 is 14.8 Å². The molecule has 6 heteroatoms. The molecule has 1 aliphatic rings. The largest absolute Gasteiger partial charge is 0.486 e. The molecular formula is C15H13BrN2O3. The Balaban J connectivity index is 1.58. The monoisotopic (exact) mass is 348 g/mol. The Labute approximate surface area is 130 Å². The van der Waals surface area contributed by atoms with Gasteiger partial charge in [0.1, 0.15) is 12.7 Å². The highest BCUT2D eigenvalue weighted by Crippen LogP contribution is 2.30. The van der Waals surface area contributed by atoms with E-state index in [0.29, 0.717) is 24.5 Å². The SMILES string of the molecule is O=C(NCC1COc2ccccc2O1)c1cncc(Br)c1. The molecule has 108 valence electrons. The number of rotatable bonds is 3. The first kappa shape index (κ1) is 13.9. The molecule has 1 atom stereocenters. The summed E-state index contributed by atoms with van der Waals surface area (Å²) in [5, 5.41) is 2.82. The molecule has 0 spiro atoms. The zero-order valence-electron chi connectivity index (χ0n) is 11.1. The minimum absolute atomic E-state index is 0.189. The molecule has 21 heavy (non-hydrogen) atoms. The number of para-hydroxylation sites is 2. The lowest BCUT2D eigenvalue weighted by Gasteiger charge is -2.26. The summed E-state index contributed by atoms with van der Waals surface area (Å²) in [6, 6.07) is 9.20. The van der Waals surface area contributed by atoms with Gasteiger partial charge in [0.15, 0.2) is 11.5 Å². The summed E-state index contributed by atoms with van der Waals surface area (Å²) in [5.41, 5.74) is 0.501. The summed E-state index contributed by atoms with van der Waals surface area (Å²) >= 11 is 3.29. The summed E-state index contributed by atoms with van der Waals surface area (Å²) in [5.74, 6) is 1.25. The number of carbonyl (C=O) groups is 1. The Kier molecular flexibility index (Phi) is 4.06. The molecule has 0 fully saturated rings. The van der Waals surface area contributed by atoms with Crippen molar-refractivity contribution in [3.8, 4) is 11.5 Å². The Hall–Kier alpha value is -2.08. The van der Waals surface area contributed by atoms with Gasteiger partial charge in [0.2, 0.25) is 0 Å². The number of nitrogens with zero attached hydrogens (tertiary/aromatic N) is 1. The maximum atomic E-state index is 12.0. The molecule has 1 amide bonds. The van der Waals surface area contributed by atoms with E-state index in [2.05, 4.69) is 26.2 Å². The van der Waals surface area contributed by atoms with E-state index in [1.165, 1.54) is 6.20 Å². The molecule has 2 aromatic rings. The van der Waals surface area contributed by atoms with Gasteiger partial charge in [-0.1, -0.05) is 12.1 Å². The molecular weight excluding hydrogens is 336 g/mol. The van der Waals surface area contributed by atoms with Crippen LogP contribution in [0.4, 0.5) is 0 Å². The molecule has 1 N–H and O–H groups in total. The molecule has 1 unspecified atom stereocenters. The van der Waals surface area contributed by atoms with Crippen LogP contribution in [0, 0.1) is 0 Å². The Bertz CT molecular complexity index is 663. The van der Waals surface area contributed by atoms with Crippen molar-refractivity contribution < 1.29 is 14.3 Å². The predicted octanol–water partition coefficient (Wildman–Crippen LogP) is 2.41. The maximum Gasteiger partial charge on any atom is 0.253 e. The molecule has 2 heterocycles. The quantitative estimate of drug-likeness (QED) is 0.925. The second-order valence-electron chi connectivity index (χ2n) is 4.60. The van der Waals surface area contributed by atoms with Gasteiger partial charge in [-0.15, -0.1) is 0 Å².